The zero-order valence-corrected chi connectivity index (χ0v) is 19.3. The average molecular weight is 466 g/mol. The molecule has 0 spiro atoms. The van der Waals surface area contributed by atoms with E-state index in [0.717, 1.165) is 30.2 Å². The van der Waals surface area contributed by atoms with Gasteiger partial charge in [0, 0.05) is 18.1 Å². The molecule has 0 aliphatic heterocycles. The molecule has 5 nitrogen and oxygen atoms in total. The molecule has 0 aliphatic rings. The number of hydrogen-bond donors (Lipinski definition) is 0. The molecule has 0 saturated carbocycles. The normalized spacial score (nSPS) is 12.1. The fourth-order valence-corrected chi connectivity index (χ4v) is 4.29. The largest absolute Gasteiger partial charge is 0.281 e. The van der Waals surface area contributed by atoms with Crippen molar-refractivity contribution < 1.29 is 0 Å². The maximum absolute atomic E-state index is 6.13. The van der Waals surface area contributed by atoms with E-state index in [2.05, 4.69) is 93.2 Å². The van der Waals surface area contributed by atoms with Crippen LogP contribution in [0, 0.1) is 0 Å². The lowest BCUT2D eigenvalue weighted by Crippen LogP contribution is -2.31. The Hall–Kier alpha value is -3.80. The molecule has 1 aromatic heterocycles. The maximum atomic E-state index is 6.13. The molecule has 0 fully saturated rings. The van der Waals surface area contributed by atoms with E-state index in [-0.39, 0.29) is 6.04 Å². The maximum Gasteiger partial charge on any atom is 0.178 e. The van der Waals surface area contributed by atoms with Crippen molar-refractivity contribution in [2.24, 2.45) is 0 Å². The van der Waals surface area contributed by atoms with E-state index in [1.807, 2.05) is 42.5 Å². The molecule has 6 heteroatoms. The first kappa shape index (κ1) is 22.0. The standard InChI is InChI=1S/C28H24ClN5/c29-25-16-18-26(19-17-25)34-28(30-31-32-34)27(24-14-8-3-9-15-24)33(20-22-10-4-1-5-11-22)21-23-12-6-2-7-13-23/h1-19,27H,20-21H2/t27-/m1/s1. The summed E-state index contributed by atoms with van der Waals surface area (Å²) in [4.78, 5) is 2.41. The molecule has 1 atom stereocenters. The summed E-state index contributed by atoms with van der Waals surface area (Å²) in [5.41, 5.74) is 4.44. The van der Waals surface area contributed by atoms with Gasteiger partial charge in [0.15, 0.2) is 5.82 Å². The predicted octanol–water partition coefficient (Wildman–Crippen LogP) is 6.11. The zero-order chi connectivity index (χ0) is 23.2. The molecule has 34 heavy (non-hydrogen) atoms. The van der Waals surface area contributed by atoms with Crippen molar-refractivity contribution in [2.45, 2.75) is 19.1 Å². The molecule has 5 aromatic rings. The highest BCUT2D eigenvalue weighted by molar-refractivity contribution is 6.30. The average Bonchev–Trinajstić information content (AvgIpc) is 3.36. The van der Waals surface area contributed by atoms with Crippen LogP contribution in [-0.4, -0.2) is 25.1 Å². The first-order chi connectivity index (χ1) is 16.8. The Morgan fingerprint density at radius 2 is 1.21 bits per heavy atom. The van der Waals surface area contributed by atoms with E-state index in [9.17, 15) is 0 Å². The van der Waals surface area contributed by atoms with E-state index >= 15 is 0 Å². The molecule has 168 valence electrons. The lowest BCUT2D eigenvalue weighted by Gasteiger charge is -2.31. The van der Waals surface area contributed by atoms with Gasteiger partial charge in [0.1, 0.15) is 0 Å². The second-order valence-electron chi connectivity index (χ2n) is 8.11. The number of benzene rings is 4. The van der Waals surface area contributed by atoms with Gasteiger partial charge in [0.2, 0.25) is 0 Å². The Bertz CT molecular complexity index is 1260. The fraction of sp³-hybridized carbons (Fsp3) is 0.107. The highest BCUT2D eigenvalue weighted by Crippen LogP contribution is 2.31. The first-order valence-electron chi connectivity index (χ1n) is 11.2. The molecule has 0 N–H and O–H groups in total. The Kier molecular flexibility index (Phi) is 6.75. The Morgan fingerprint density at radius 3 is 1.76 bits per heavy atom. The van der Waals surface area contributed by atoms with Crippen molar-refractivity contribution in [3.8, 4) is 5.69 Å². The van der Waals surface area contributed by atoms with Crippen molar-refractivity contribution in [2.75, 3.05) is 0 Å². The second kappa shape index (κ2) is 10.4. The van der Waals surface area contributed by atoms with E-state index in [1.54, 1.807) is 4.68 Å². The molecule has 0 radical (unpaired) electrons. The number of nitrogens with zero attached hydrogens (tertiary/aromatic N) is 5. The van der Waals surface area contributed by atoms with Gasteiger partial charge in [-0.2, -0.15) is 4.68 Å². The molecule has 5 rings (SSSR count). The highest BCUT2D eigenvalue weighted by Gasteiger charge is 2.29. The van der Waals surface area contributed by atoms with E-state index in [0.29, 0.717) is 5.02 Å². The van der Waals surface area contributed by atoms with E-state index < -0.39 is 0 Å². The first-order valence-corrected chi connectivity index (χ1v) is 11.6. The van der Waals surface area contributed by atoms with Crippen LogP contribution in [0.15, 0.2) is 115 Å². The van der Waals surface area contributed by atoms with Crippen molar-refractivity contribution in [3.05, 3.63) is 143 Å². The van der Waals surface area contributed by atoms with Crippen molar-refractivity contribution >= 4 is 11.6 Å². The van der Waals surface area contributed by atoms with Crippen molar-refractivity contribution in [3.63, 3.8) is 0 Å². The number of rotatable bonds is 8. The van der Waals surface area contributed by atoms with Crippen molar-refractivity contribution in [1.82, 2.24) is 25.1 Å². The van der Waals surface area contributed by atoms with Crippen LogP contribution in [-0.2, 0) is 13.1 Å². The monoisotopic (exact) mass is 465 g/mol. The molecular weight excluding hydrogens is 442 g/mol. The van der Waals surface area contributed by atoms with Crippen molar-refractivity contribution in [1.29, 1.82) is 0 Å². The highest BCUT2D eigenvalue weighted by atomic mass is 35.5. The summed E-state index contributed by atoms with van der Waals surface area (Å²) >= 11 is 6.13. The third-order valence-electron chi connectivity index (χ3n) is 5.75. The van der Waals surface area contributed by atoms with Gasteiger partial charge < -0.3 is 0 Å². The van der Waals surface area contributed by atoms with Crippen LogP contribution in [0.3, 0.4) is 0 Å². The third kappa shape index (κ3) is 5.06. The van der Waals surface area contributed by atoms with Gasteiger partial charge >= 0.3 is 0 Å². The summed E-state index contributed by atoms with van der Waals surface area (Å²) in [6.07, 6.45) is 0. The Balaban J connectivity index is 1.62. The van der Waals surface area contributed by atoms with Gasteiger partial charge in [0.05, 0.1) is 11.7 Å². The summed E-state index contributed by atoms with van der Waals surface area (Å²) in [5, 5.41) is 13.6. The van der Waals surface area contributed by atoms with Gasteiger partial charge in [-0.1, -0.05) is 103 Å². The summed E-state index contributed by atoms with van der Waals surface area (Å²) in [6, 6.07) is 38.8. The van der Waals surface area contributed by atoms with Crippen LogP contribution < -0.4 is 0 Å². The number of aromatic nitrogens is 4. The van der Waals surface area contributed by atoms with Crippen LogP contribution >= 0.6 is 11.6 Å². The molecule has 0 bridgehead atoms. The second-order valence-corrected chi connectivity index (χ2v) is 8.55. The molecule has 0 amide bonds. The smallest absolute Gasteiger partial charge is 0.178 e. The number of hydrogen-bond acceptors (Lipinski definition) is 4. The quantitative estimate of drug-likeness (QED) is 0.277. The van der Waals surface area contributed by atoms with Crippen LogP contribution in [0.25, 0.3) is 5.69 Å². The minimum Gasteiger partial charge on any atom is -0.281 e. The van der Waals surface area contributed by atoms with Gasteiger partial charge in [-0.05, 0) is 51.4 Å². The predicted molar refractivity (Wildman–Crippen MR) is 135 cm³/mol. The summed E-state index contributed by atoms with van der Waals surface area (Å²) in [5.74, 6) is 0.750. The van der Waals surface area contributed by atoms with E-state index in [1.165, 1.54) is 11.1 Å². The zero-order valence-electron chi connectivity index (χ0n) is 18.6. The van der Waals surface area contributed by atoms with Gasteiger partial charge in [0.25, 0.3) is 0 Å². The van der Waals surface area contributed by atoms with Gasteiger partial charge in [-0.25, -0.2) is 0 Å². The van der Waals surface area contributed by atoms with Crippen LogP contribution in [0.1, 0.15) is 28.6 Å². The number of tetrazole rings is 1. The molecule has 0 aliphatic carbocycles. The summed E-state index contributed by atoms with van der Waals surface area (Å²) in [6.45, 7) is 1.48. The Labute approximate surface area is 204 Å². The topological polar surface area (TPSA) is 46.8 Å². The SMILES string of the molecule is Clc1ccc(-n2nnnc2[C@@H](c2ccccc2)N(Cc2ccccc2)Cc2ccccc2)cc1. The molecule has 0 unspecified atom stereocenters. The van der Waals surface area contributed by atoms with E-state index in [4.69, 9.17) is 11.6 Å². The van der Waals surface area contributed by atoms with Crippen LogP contribution in [0.2, 0.25) is 5.02 Å². The number of halogens is 1. The molecule has 1 heterocycles. The van der Waals surface area contributed by atoms with Crippen LogP contribution in [0.5, 0.6) is 0 Å². The minimum atomic E-state index is -0.174. The molecule has 4 aromatic carbocycles. The Morgan fingerprint density at radius 1 is 0.676 bits per heavy atom. The van der Waals surface area contributed by atoms with Gasteiger partial charge in [-0.3, -0.25) is 4.90 Å². The third-order valence-corrected chi connectivity index (χ3v) is 6.00. The minimum absolute atomic E-state index is 0.174. The fourth-order valence-electron chi connectivity index (χ4n) is 4.16. The van der Waals surface area contributed by atoms with Crippen LogP contribution in [0.4, 0.5) is 0 Å². The molecular formula is C28H24ClN5. The summed E-state index contributed by atoms with van der Waals surface area (Å²) in [7, 11) is 0. The molecule has 0 saturated heterocycles. The lowest BCUT2D eigenvalue weighted by molar-refractivity contribution is 0.197. The summed E-state index contributed by atoms with van der Waals surface area (Å²) < 4.78 is 1.80. The lowest BCUT2D eigenvalue weighted by atomic mass is 10.0. The van der Waals surface area contributed by atoms with Gasteiger partial charge in [-0.15, -0.1) is 5.10 Å².